The maximum Gasteiger partial charge on any atom is 0.298 e. The van der Waals surface area contributed by atoms with E-state index in [2.05, 4.69) is 11.8 Å². The Morgan fingerprint density at radius 3 is 2.28 bits per heavy atom. The van der Waals surface area contributed by atoms with Crippen LogP contribution in [-0.4, -0.2) is 47.8 Å². The Hall–Kier alpha value is -3.52. The molecule has 2 aromatic carbocycles. The normalized spacial score (nSPS) is 17.4. The Kier molecular flexibility index (Phi) is 5.22. The monoisotopic (exact) mass is 426 g/mol. The molecule has 3 heterocycles. The fraction of sp³-hybridized carbons (Fsp3) is 0.333. The molecular formula is C27H26N2O3. The van der Waals surface area contributed by atoms with Gasteiger partial charge in [0, 0.05) is 48.6 Å². The van der Waals surface area contributed by atoms with E-state index in [-0.39, 0.29) is 17.2 Å². The van der Waals surface area contributed by atoms with Gasteiger partial charge in [-0.1, -0.05) is 42.3 Å². The number of carbonyl (C=O) groups excluding carboxylic acids is 2. The molecule has 0 atom stereocenters. The van der Waals surface area contributed by atoms with Crippen LogP contribution in [0.25, 0.3) is 11.0 Å². The molecule has 2 aliphatic rings. The van der Waals surface area contributed by atoms with Crippen molar-refractivity contribution >= 4 is 22.8 Å². The van der Waals surface area contributed by atoms with E-state index in [4.69, 9.17) is 4.42 Å². The number of hydrogen-bond donors (Lipinski definition) is 0. The molecular weight excluding hydrogens is 400 g/mol. The zero-order valence-corrected chi connectivity index (χ0v) is 18.3. The van der Waals surface area contributed by atoms with E-state index in [0.717, 1.165) is 54.4 Å². The summed E-state index contributed by atoms with van der Waals surface area (Å²) in [4.78, 5) is 29.5. The Balaban J connectivity index is 1.22. The second-order valence-corrected chi connectivity index (χ2v) is 8.94. The summed E-state index contributed by atoms with van der Waals surface area (Å²) in [6, 6.07) is 17.3. The first-order valence-electron chi connectivity index (χ1n) is 11.2. The number of amides is 2. The van der Waals surface area contributed by atoms with Crippen LogP contribution < -0.4 is 0 Å². The maximum absolute atomic E-state index is 13.2. The Morgan fingerprint density at radius 1 is 0.906 bits per heavy atom. The number of nitrogens with zero attached hydrogens (tertiary/aromatic N) is 2. The van der Waals surface area contributed by atoms with Crippen molar-refractivity contribution < 1.29 is 14.0 Å². The van der Waals surface area contributed by atoms with E-state index < -0.39 is 0 Å². The van der Waals surface area contributed by atoms with Crippen LogP contribution in [0, 0.1) is 24.2 Å². The van der Waals surface area contributed by atoms with Gasteiger partial charge in [-0.05, 0) is 49.8 Å². The Morgan fingerprint density at radius 2 is 1.56 bits per heavy atom. The molecule has 3 aromatic rings. The van der Waals surface area contributed by atoms with Crippen molar-refractivity contribution in [3.05, 3.63) is 71.5 Å². The molecule has 0 radical (unpaired) electrons. The van der Waals surface area contributed by atoms with Crippen LogP contribution in [0.15, 0.2) is 59.0 Å². The summed E-state index contributed by atoms with van der Waals surface area (Å²) in [5, 5.41) is 0.994. The average molecular weight is 427 g/mol. The van der Waals surface area contributed by atoms with Gasteiger partial charge in [-0.15, -0.1) is 0 Å². The lowest BCUT2D eigenvalue weighted by molar-refractivity contribution is -0.127. The van der Waals surface area contributed by atoms with Crippen molar-refractivity contribution in [3.8, 4) is 11.8 Å². The van der Waals surface area contributed by atoms with E-state index in [0.29, 0.717) is 18.8 Å². The first-order valence-corrected chi connectivity index (χ1v) is 11.2. The molecule has 2 saturated heterocycles. The summed E-state index contributed by atoms with van der Waals surface area (Å²) in [6.07, 6.45) is 2.76. The number of aryl methyl sites for hydroxylation is 1. The predicted molar refractivity (Wildman–Crippen MR) is 123 cm³/mol. The summed E-state index contributed by atoms with van der Waals surface area (Å²) in [5.41, 5.74) is 2.59. The number of piperidine rings is 1. The van der Waals surface area contributed by atoms with Crippen LogP contribution in [0.1, 0.15) is 40.9 Å². The molecule has 0 N–H and O–H groups in total. The lowest BCUT2D eigenvalue weighted by Gasteiger charge is -2.38. The van der Waals surface area contributed by atoms with Gasteiger partial charge in [0.25, 0.3) is 11.8 Å². The van der Waals surface area contributed by atoms with E-state index in [9.17, 15) is 9.59 Å². The zero-order valence-electron chi connectivity index (χ0n) is 18.3. The van der Waals surface area contributed by atoms with E-state index in [1.165, 1.54) is 0 Å². The molecule has 0 aliphatic carbocycles. The van der Waals surface area contributed by atoms with Crippen molar-refractivity contribution in [2.45, 2.75) is 26.2 Å². The van der Waals surface area contributed by atoms with Crippen molar-refractivity contribution in [1.29, 1.82) is 0 Å². The van der Waals surface area contributed by atoms with Crippen LogP contribution in [-0.2, 0) is 4.79 Å². The lowest BCUT2D eigenvalue weighted by Crippen LogP contribution is -2.44. The number of carbonyl (C=O) groups is 2. The third kappa shape index (κ3) is 3.78. The third-order valence-corrected chi connectivity index (χ3v) is 6.96. The van der Waals surface area contributed by atoms with Crippen molar-refractivity contribution in [1.82, 2.24) is 9.80 Å². The first kappa shape index (κ1) is 20.4. The summed E-state index contributed by atoms with van der Waals surface area (Å²) in [7, 11) is 0. The SMILES string of the molecule is Cc1c(C(=O)N2CCC3(CCN(C(=O)C#Cc4ccccc4)CC3)C2)oc2ccccc12. The fourth-order valence-electron chi connectivity index (χ4n) is 4.95. The minimum atomic E-state index is -0.118. The molecule has 5 rings (SSSR count). The van der Waals surface area contributed by atoms with E-state index in [1.807, 2.05) is 71.3 Å². The van der Waals surface area contributed by atoms with Crippen molar-refractivity contribution in [2.24, 2.45) is 5.41 Å². The quantitative estimate of drug-likeness (QED) is 0.547. The molecule has 1 aromatic heterocycles. The fourth-order valence-corrected chi connectivity index (χ4v) is 4.95. The smallest absolute Gasteiger partial charge is 0.298 e. The molecule has 0 bridgehead atoms. The highest BCUT2D eigenvalue weighted by Crippen LogP contribution is 2.41. The topological polar surface area (TPSA) is 53.8 Å². The molecule has 32 heavy (non-hydrogen) atoms. The van der Waals surface area contributed by atoms with Crippen molar-refractivity contribution in [2.75, 3.05) is 26.2 Å². The summed E-state index contributed by atoms with van der Waals surface area (Å²) in [6.45, 7) is 4.78. The van der Waals surface area contributed by atoms with Gasteiger partial charge in [0.15, 0.2) is 5.76 Å². The third-order valence-electron chi connectivity index (χ3n) is 6.96. The molecule has 162 valence electrons. The minimum absolute atomic E-state index is 0.0252. The van der Waals surface area contributed by atoms with Crippen molar-refractivity contribution in [3.63, 3.8) is 0 Å². The first-order chi connectivity index (χ1) is 15.5. The average Bonchev–Trinajstić information content (AvgIpc) is 3.40. The van der Waals surface area contributed by atoms with Gasteiger partial charge >= 0.3 is 0 Å². The van der Waals surface area contributed by atoms with Crippen LogP contribution in [0.3, 0.4) is 0 Å². The van der Waals surface area contributed by atoms with E-state index >= 15 is 0 Å². The van der Waals surface area contributed by atoms with Gasteiger partial charge in [-0.25, -0.2) is 0 Å². The number of benzene rings is 2. The highest BCUT2D eigenvalue weighted by molar-refractivity contribution is 5.99. The molecule has 2 amide bonds. The van der Waals surface area contributed by atoms with Gasteiger partial charge in [-0.3, -0.25) is 9.59 Å². The number of fused-ring (bicyclic) bond motifs is 1. The number of rotatable bonds is 1. The van der Waals surface area contributed by atoms with Crippen LogP contribution in [0.5, 0.6) is 0 Å². The largest absolute Gasteiger partial charge is 0.451 e. The Labute approximate surface area is 188 Å². The van der Waals surface area contributed by atoms with Crippen LogP contribution >= 0.6 is 0 Å². The Bertz CT molecular complexity index is 1220. The summed E-state index contributed by atoms with van der Waals surface area (Å²) < 4.78 is 5.90. The van der Waals surface area contributed by atoms with Gasteiger partial charge in [-0.2, -0.15) is 0 Å². The molecule has 5 heteroatoms. The number of likely N-dealkylation sites (tertiary alicyclic amines) is 2. The highest BCUT2D eigenvalue weighted by atomic mass is 16.3. The molecule has 2 aliphatic heterocycles. The predicted octanol–water partition coefficient (Wildman–Crippen LogP) is 4.25. The van der Waals surface area contributed by atoms with Gasteiger partial charge in [0.1, 0.15) is 5.58 Å². The second kappa shape index (κ2) is 8.20. The van der Waals surface area contributed by atoms with Gasteiger partial charge in [0.2, 0.25) is 0 Å². The van der Waals surface area contributed by atoms with Crippen LogP contribution in [0.4, 0.5) is 0 Å². The molecule has 0 saturated carbocycles. The maximum atomic E-state index is 13.2. The highest BCUT2D eigenvalue weighted by Gasteiger charge is 2.43. The van der Waals surface area contributed by atoms with E-state index in [1.54, 1.807) is 0 Å². The molecule has 0 unspecified atom stereocenters. The molecule has 1 spiro atoms. The zero-order chi connectivity index (χ0) is 22.1. The van der Waals surface area contributed by atoms with Crippen LogP contribution in [0.2, 0.25) is 0 Å². The standard InChI is InChI=1S/C27H26N2O3/c1-20-22-9-5-6-10-23(22)32-25(20)26(31)29-18-15-27(19-29)13-16-28(17-14-27)24(30)12-11-21-7-3-2-4-8-21/h2-10H,13-19H2,1H3. The van der Waals surface area contributed by atoms with Gasteiger partial charge < -0.3 is 14.2 Å². The number of para-hydroxylation sites is 1. The molecule has 2 fully saturated rings. The summed E-state index contributed by atoms with van der Waals surface area (Å²) >= 11 is 0. The summed E-state index contributed by atoms with van der Waals surface area (Å²) in [5.74, 6) is 6.04. The minimum Gasteiger partial charge on any atom is -0.451 e. The number of hydrogen-bond acceptors (Lipinski definition) is 3. The second-order valence-electron chi connectivity index (χ2n) is 8.94. The number of furan rings is 1. The molecule has 5 nitrogen and oxygen atoms in total. The van der Waals surface area contributed by atoms with Gasteiger partial charge in [0.05, 0.1) is 0 Å². The lowest BCUT2D eigenvalue weighted by atomic mass is 9.78.